The summed E-state index contributed by atoms with van der Waals surface area (Å²) in [5.41, 5.74) is 0. The van der Waals surface area contributed by atoms with E-state index in [-0.39, 0.29) is 0 Å². The lowest BCUT2D eigenvalue weighted by Gasteiger charge is -2.01. The first kappa shape index (κ1) is 16.3. The maximum absolute atomic E-state index is 11.5. The van der Waals surface area contributed by atoms with E-state index in [4.69, 9.17) is 0 Å². The van der Waals surface area contributed by atoms with Crippen LogP contribution in [0.15, 0.2) is 0 Å². The Morgan fingerprint density at radius 3 is 1.59 bits per heavy atom. The topological polar surface area (TPSA) is 34.1 Å². The number of carbonyl (C=O) groups excluding carboxylic acids is 2. The SMILES string of the molecule is CCCCCCC(=O)CCCCCC(=O)CC. The molecule has 0 N–H and O–H groups in total. The van der Waals surface area contributed by atoms with Gasteiger partial charge < -0.3 is 0 Å². The average Bonchev–Trinajstić information content (AvgIpc) is 2.34. The fourth-order valence-corrected chi connectivity index (χ4v) is 1.87. The lowest BCUT2D eigenvalue weighted by Crippen LogP contribution is -1.98. The molecule has 2 nitrogen and oxygen atoms in total. The van der Waals surface area contributed by atoms with Crippen LogP contribution in [0.4, 0.5) is 0 Å². The minimum atomic E-state index is 0.343. The Hall–Kier alpha value is -0.660. The predicted octanol–water partition coefficient (Wildman–Crippen LogP) is 4.46. The smallest absolute Gasteiger partial charge is 0.132 e. The molecule has 0 saturated heterocycles. The fourth-order valence-electron chi connectivity index (χ4n) is 1.87. The highest BCUT2D eigenvalue weighted by atomic mass is 16.1. The number of Topliss-reactive ketones (excluding diaryl/α,β-unsaturated/α-hetero) is 2. The van der Waals surface area contributed by atoms with Crippen LogP contribution < -0.4 is 0 Å². The Morgan fingerprint density at radius 1 is 0.647 bits per heavy atom. The van der Waals surface area contributed by atoms with Gasteiger partial charge in [-0.05, 0) is 19.3 Å². The molecule has 0 amide bonds. The highest BCUT2D eigenvalue weighted by Gasteiger charge is 2.02. The summed E-state index contributed by atoms with van der Waals surface area (Å²) in [6, 6.07) is 0. The van der Waals surface area contributed by atoms with Gasteiger partial charge in [0.2, 0.25) is 0 Å². The van der Waals surface area contributed by atoms with Crippen molar-refractivity contribution in [1.29, 1.82) is 0 Å². The molecule has 0 bridgehead atoms. The summed E-state index contributed by atoms with van der Waals surface area (Å²) in [6.07, 6.45) is 10.5. The molecule has 0 fully saturated rings. The second-order valence-electron chi connectivity index (χ2n) is 4.80. The molecule has 0 spiro atoms. The zero-order valence-corrected chi connectivity index (χ0v) is 11.6. The van der Waals surface area contributed by atoms with E-state index < -0.39 is 0 Å². The maximum atomic E-state index is 11.5. The molecule has 0 aromatic heterocycles. The molecular weight excluding hydrogens is 212 g/mol. The molecular formula is C15H28O2. The van der Waals surface area contributed by atoms with E-state index in [1.165, 1.54) is 19.3 Å². The number of rotatable bonds is 12. The summed E-state index contributed by atoms with van der Waals surface area (Å²) in [6.45, 7) is 4.08. The molecule has 0 unspecified atom stereocenters. The van der Waals surface area contributed by atoms with E-state index in [0.717, 1.165) is 32.1 Å². The van der Waals surface area contributed by atoms with Gasteiger partial charge in [0.05, 0.1) is 0 Å². The standard InChI is InChI=1S/C15H28O2/c1-3-5-6-8-12-15(17)13-10-7-9-11-14(16)4-2/h3-13H2,1-2H3. The van der Waals surface area contributed by atoms with E-state index in [0.29, 0.717) is 30.8 Å². The van der Waals surface area contributed by atoms with Crippen LogP contribution in [0.25, 0.3) is 0 Å². The minimum Gasteiger partial charge on any atom is -0.300 e. The van der Waals surface area contributed by atoms with Crippen molar-refractivity contribution >= 4 is 11.6 Å². The van der Waals surface area contributed by atoms with Crippen molar-refractivity contribution < 1.29 is 9.59 Å². The van der Waals surface area contributed by atoms with E-state index in [1.807, 2.05) is 6.92 Å². The minimum absolute atomic E-state index is 0.343. The van der Waals surface area contributed by atoms with Crippen LogP contribution >= 0.6 is 0 Å². The zero-order valence-electron chi connectivity index (χ0n) is 11.6. The van der Waals surface area contributed by atoms with Gasteiger partial charge in [0.15, 0.2) is 0 Å². The lowest BCUT2D eigenvalue weighted by atomic mass is 10.0. The van der Waals surface area contributed by atoms with Gasteiger partial charge in [0.25, 0.3) is 0 Å². The van der Waals surface area contributed by atoms with E-state index in [1.54, 1.807) is 0 Å². The molecule has 0 aromatic carbocycles. The third-order valence-electron chi connectivity index (χ3n) is 3.11. The molecule has 2 heteroatoms. The molecule has 17 heavy (non-hydrogen) atoms. The van der Waals surface area contributed by atoms with Gasteiger partial charge in [-0.1, -0.05) is 39.5 Å². The van der Waals surface area contributed by atoms with Crippen LogP contribution in [-0.2, 0) is 9.59 Å². The molecule has 0 atom stereocenters. The van der Waals surface area contributed by atoms with Crippen molar-refractivity contribution in [2.24, 2.45) is 0 Å². The van der Waals surface area contributed by atoms with Crippen molar-refractivity contribution in [3.63, 3.8) is 0 Å². The third kappa shape index (κ3) is 11.6. The predicted molar refractivity (Wildman–Crippen MR) is 72.1 cm³/mol. The second kappa shape index (κ2) is 11.8. The average molecular weight is 240 g/mol. The van der Waals surface area contributed by atoms with Crippen molar-refractivity contribution in [2.75, 3.05) is 0 Å². The van der Waals surface area contributed by atoms with Crippen molar-refractivity contribution in [3.05, 3.63) is 0 Å². The Labute approximate surface area is 106 Å². The summed E-state index contributed by atoms with van der Waals surface area (Å²) in [7, 11) is 0. The summed E-state index contributed by atoms with van der Waals surface area (Å²) in [5, 5.41) is 0. The molecule has 0 aliphatic rings. The fraction of sp³-hybridized carbons (Fsp3) is 0.867. The number of carbonyl (C=O) groups is 2. The molecule has 0 radical (unpaired) electrons. The maximum Gasteiger partial charge on any atom is 0.132 e. The Morgan fingerprint density at radius 2 is 1.12 bits per heavy atom. The summed E-state index contributed by atoms with van der Waals surface area (Å²) >= 11 is 0. The van der Waals surface area contributed by atoms with E-state index in [2.05, 4.69) is 6.92 Å². The number of hydrogen-bond acceptors (Lipinski definition) is 2. The summed E-state index contributed by atoms with van der Waals surface area (Å²) < 4.78 is 0. The highest BCUT2D eigenvalue weighted by Crippen LogP contribution is 2.09. The van der Waals surface area contributed by atoms with E-state index >= 15 is 0 Å². The molecule has 0 rings (SSSR count). The first-order valence-corrected chi connectivity index (χ1v) is 7.24. The van der Waals surface area contributed by atoms with Crippen molar-refractivity contribution in [1.82, 2.24) is 0 Å². The van der Waals surface area contributed by atoms with Gasteiger partial charge in [-0.3, -0.25) is 9.59 Å². The molecule has 0 aliphatic heterocycles. The molecule has 0 saturated carbocycles. The monoisotopic (exact) mass is 240 g/mol. The third-order valence-corrected chi connectivity index (χ3v) is 3.11. The van der Waals surface area contributed by atoms with E-state index in [9.17, 15) is 9.59 Å². The van der Waals surface area contributed by atoms with Gasteiger partial charge in [-0.15, -0.1) is 0 Å². The first-order valence-electron chi connectivity index (χ1n) is 7.24. The van der Waals surface area contributed by atoms with Crippen LogP contribution in [-0.4, -0.2) is 11.6 Å². The summed E-state index contributed by atoms with van der Waals surface area (Å²) in [4.78, 5) is 22.5. The van der Waals surface area contributed by atoms with Crippen LogP contribution in [0.5, 0.6) is 0 Å². The number of ketones is 2. The van der Waals surface area contributed by atoms with Crippen LogP contribution in [0.1, 0.15) is 84.5 Å². The largest absolute Gasteiger partial charge is 0.300 e. The molecule has 0 aromatic rings. The first-order chi connectivity index (χ1) is 8.20. The van der Waals surface area contributed by atoms with Gasteiger partial charge in [-0.2, -0.15) is 0 Å². The summed E-state index contributed by atoms with van der Waals surface area (Å²) in [5.74, 6) is 0.749. The number of unbranched alkanes of at least 4 members (excludes halogenated alkanes) is 5. The van der Waals surface area contributed by atoms with Gasteiger partial charge >= 0.3 is 0 Å². The zero-order chi connectivity index (χ0) is 12.9. The Kier molecular flexibility index (Phi) is 11.4. The normalized spacial score (nSPS) is 10.5. The number of hydrogen-bond donors (Lipinski definition) is 0. The highest BCUT2D eigenvalue weighted by molar-refractivity contribution is 5.78. The molecule has 100 valence electrons. The lowest BCUT2D eigenvalue weighted by molar-refractivity contribution is -0.119. The van der Waals surface area contributed by atoms with Gasteiger partial charge in [0.1, 0.15) is 11.6 Å². The van der Waals surface area contributed by atoms with Crippen LogP contribution in [0.3, 0.4) is 0 Å². The van der Waals surface area contributed by atoms with Crippen molar-refractivity contribution in [2.45, 2.75) is 84.5 Å². The van der Waals surface area contributed by atoms with Crippen LogP contribution in [0, 0.1) is 0 Å². The molecule has 0 aliphatic carbocycles. The van der Waals surface area contributed by atoms with Gasteiger partial charge in [0, 0.05) is 25.7 Å². The quantitative estimate of drug-likeness (QED) is 0.472. The van der Waals surface area contributed by atoms with Crippen LogP contribution in [0.2, 0.25) is 0 Å². The Balaban J connectivity index is 3.24. The van der Waals surface area contributed by atoms with Crippen molar-refractivity contribution in [3.8, 4) is 0 Å². The van der Waals surface area contributed by atoms with Gasteiger partial charge in [-0.25, -0.2) is 0 Å². The second-order valence-corrected chi connectivity index (χ2v) is 4.80. The molecule has 0 heterocycles. The Bertz CT molecular complexity index is 209.